The molecule has 1 amide bonds. The van der Waals surface area contributed by atoms with Crippen molar-refractivity contribution in [3.05, 3.63) is 69.8 Å². The summed E-state index contributed by atoms with van der Waals surface area (Å²) in [6, 6.07) is 13.6. The van der Waals surface area contributed by atoms with E-state index < -0.39 is 4.92 Å². The van der Waals surface area contributed by atoms with E-state index in [-0.39, 0.29) is 24.7 Å². The topological polar surface area (TPSA) is 75.8 Å². The largest absolute Gasteiger partial charge is 0.298 e. The summed E-state index contributed by atoms with van der Waals surface area (Å²) in [5.41, 5.74) is 2.32. The number of carbonyl (C=O) groups is 1. The number of terminal acetylenes is 1. The predicted molar refractivity (Wildman–Crippen MR) is 91.2 cm³/mol. The van der Waals surface area contributed by atoms with Gasteiger partial charge in [-0.1, -0.05) is 36.3 Å². The Hall–Kier alpha value is -3.46. The zero-order valence-corrected chi connectivity index (χ0v) is 12.7. The van der Waals surface area contributed by atoms with E-state index in [0.717, 1.165) is 5.56 Å². The Bertz CT molecular complexity index is 882. The molecule has 3 rings (SSSR count). The second kappa shape index (κ2) is 6.34. The van der Waals surface area contributed by atoms with Crippen molar-refractivity contribution < 1.29 is 9.72 Å². The molecule has 0 radical (unpaired) electrons. The molecule has 0 saturated carbocycles. The number of non-ortho nitro benzene ring substituents is 1. The number of hydrogen-bond acceptors (Lipinski definition) is 4. The number of nitro benzene ring substituents is 1. The third-order valence-corrected chi connectivity index (χ3v) is 3.71. The third kappa shape index (κ3) is 2.75. The number of nitro groups is 1. The summed E-state index contributed by atoms with van der Waals surface area (Å²) >= 11 is 0. The minimum absolute atomic E-state index is 0.0611. The molecule has 118 valence electrons. The van der Waals surface area contributed by atoms with Crippen molar-refractivity contribution in [3.63, 3.8) is 0 Å². The molecule has 0 aromatic heterocycles. The van der Waals surface area contributed by atoms with Gasteiger partial charge < -0.3 is 0 Å². The number of rotatable bonds is 3. The SMILES string of the molecule is C#CCN1C(=O)CN=C(c2ccccc2)c2cc([N+](=O)[O-])ccc21. The minimum atomic E-state index is -0.471. The van der Waals surface area contributed by atoms with Crippen molar-refractivity contribution in [1.82, 2.24) is 0 Å². The number of aliphatic imine (C=N–C) groups is 1. The molecule has 6 nitrogen and oxygen atoms in total. The molecule has 0 fully saturated rings. The smallest absolute Gasteiger partial charge is 0.270 e. The number of anilines is 1. The van der Waals surface area contributed by atoms with Gasteiger partial charge in [0.1, 0.15) is 6.54 Å². The highest BCUT2D eigenvalue weighted by Crippen LogP contribution is 2.30. The fourth-order valence-corrected chi connectivity index (χ4v) is 2.62. The highest BCUT2D eigenvalue weighted by atomic mass is 16.6. The molecule has 0 aliphatic carbocycles. The first-order chi connectivity index (χ1) is 11.6. The molecule has 0 N–H and O–H groups in total. The van der Waals surface area contributed by atoms with Crippen molar-refractivity contribution >= 4 is 23.0 Å². The molecular weight excluding hydrogens is 306 g/mol. The number of hydrogen-bond donors (Lipinski definition) is 0. The second-order valence-electron chi connectivity index (χ2n) is 5.17. The van der Waals surface area contributed by atoms with Crippen molar-refractivity contribution in [2.45, 2.75) is 0 Å². The van der Waals surface area contributed by atoms with Crippen LogP contribution in [0, 0.1) is 22.5 Å². The maximum atomic E-state index is 12.4. The van der Waals surface area contributed by atoms with Crippen LogP contribution < -0.4 is 4.90 Å². The first-order valence-corrected chi connectivity index (χ1v) is 7.24. The molecule has 24 heavy (non-hydrogen) atoms. The zero-order valence-electron chi connectivity index (χ0n) is 12.7. The van der Waals surface area contributed by atoms with Crippen LogP contribution in [0.3, 0.4) is 0 Å². The summed E-state index contributed by atoms with van der Waals surface area (Å²) in [7, 11) is 0. The summed E-state index contributed by atoms with van der Waals surface area (Å²) < 4.78 is 0. The average molecular weight is 319 g/mol. The quantitative estimate of drug-likeness (QED) is 0.495. The summed E-state index contributed by atoms with van der Waals surface area (Å²) in [4.78, 5) is 28.8. The van der Waals surface area contributed by atoms with Crippen LogP contribution in [0.25, 0.3) is 0 Å². The Morgan fingerprint density at radius 2 is 2.00 bits per heavy atom. The van der Waals surface area contributed by atoms with Gasteiger partial charge in [-0.25, -0.2) is 0 Å². The first-order valence-electron chi connectivity index (χ1n) is 7.24. The zero-order chi connectivity index (χ0) is 17.1. The molecule has 2 aromatic rings. The molecule has 0 atom stereocenters. The van der Waals surface area contributed by atoms with Gasteiger partial charge in [0.2, 0.25) is 5.91 Å². The van der Waals surface area contributed by atoms with Gasteiger partial charge in [0, 0.05) is 23.3 Å². The molecule has 1 heterocycles. The van der Waals surface area contributed by atoms with Gasteiger partial charge in [0.05, 0.1) is 22.9 Å². The van der Waals surface area contributed by atoms with Crippen LogP contribution in [0.15, 0.2) is 53.5 Å². The highest BCUT2D eigenvalue weighted by Gasteiger charge is 2.26. The maximum absolute atomic E-state index is 12.4. The molecule has 0 saturated heterocycles. The number of amides is 1. The molecule has 0 unspecified atom stereocenters. The lowest BCUT2D eigenvalue weighted by molar-refractivity contribution is -0.384. The van der Waals surface area contributed by atoms with Crippen LogP contribution in [0.4, 0.5) is 11.4 Å². The Kier molecular flexibility index (Phi) is 4.08. The van der Waals surface area contributed by atoms with Crippen LogP contribution in [-0.4, -0.2) is 29.6 Å². The van der Waals surface area contributed by atoms with Gasteiger partial charge in [0.15, 0.2) is 0 Å². The van der Waals surface area contributed by atoms with E-state index in [1.54, 1.807) is 6.07 Å². The van der Waals surface area contributed by atoms with Crippen LogP contribution in [0.1, 0.15) is 11.1 Å². The lowest BCUT2D eigenvalue weighted by atomic mass is 9.99. The van der Waals surface area contributed by atoms with E-state index in [1.807, 2.05) is 30.3 Å². The monoisotopic (exact) mass is 319 g/mol. The lowest BCUT2D eigenvalue weighted by Gasteiger charge is -2.20. The second-order valence-corrected chi connectivity index (χ2v) is 5.17. The van der Waals surface area contributed by atoms with E-state index in [1.165, 1.54) is 17.0 Å². The number of benzene rings is 2. The van der Waals surface area contributed by atoms with Gasteiger partial charge in [-0.15, -0.1) is 6.42 Å². The highest BCUT2D eigenvalue weighted by molar-refractivity contribution is 6.19. The van der Waals surface area contributed by atoms with Gasteiger partial charge in [-0.05, 0) is 6.07 Å². The predicted octanol–water partition coefficient (Wildman–Crippen LogP) is 2.41. The van der Waals surface area contributed by atoms with Crippen LogP contribution >= 0.6 is 0 Å². The molecule has 6 heteroatoms. The number of nitrogens with zero attached hydrogens (tertiary/aromatic N) is 3. The molecule has 2 aromatic carbocycles. The Balaban J connectivity index is 2.24. The fraction of sp³-hybridized carbons (Fsp3) is 0.111. The van der Waals surface area contributed by atoms with Crippen LogP contribution in [0.5, 0.6) is 0 Å². The maximum Gasteiger partial charge on any atom is 0.270 e. The van der Waals surface area contributed by atoms with E-state index >= 15 is 0 Å². The Morgan fingerprint density at radius 3 is 2.67 bits per heavy atom. The van der Waals surface area contributed by atoms with Crippen LogP contribution in [0.2, 0.25) is 0 Å². The van der Waals surface area contributed by atoms with Crippen molar-refractivity contribution in [1.29, 1.82) is 0 Å². The van der Waals surface area contributed by atoms with Gasteiger partial charge in [0.25, 0.3) is 5.69 Å². The van der Waals surface area contributed by atoms with Crippen molar-refractivity contribution in [2.24, 2.45) is 4.99 Å². The number of benzodiazepines with no additional fused rings is 1. The Morgan fingerprint density at radius 1 is 1.25 bits per heavy atom. The van der Waals surface area contributed by atoms with E-state index in [4.69, 9.17) is 6.42 Å². The summed E-state index contributed by atoms with van der Waals surface area (Å²) in [5, 5.41) is 11.1. The average Bonchev–Trinajstić information content (AvgIpc) is 2.73. The standard InChI is InChI=1S/C18H13N3O3/c1-2-10-20-16-9-8-14(21(23)24)11-15(16)18(19-12-17(20)22)13-6-4-3-5-7-13/h1,3-9,11H,10,12H2. The normalized spacial score (nSPS) is 13.5. The molecule has 0 spiro atoms. The minimum Gasteiger partial charge on any atom is -0.298 e. The van der Waals surface area contributed by atoms with Crippen molar-refractivity contribution in [3.8, 4) is 12.3 Å². The van der Waals surface area contributed by atoms with Crippen LogP contribution in [-0.2, 0) is 4.79 Å². The summed E-state index contributed by atoms with van der Waals surface area (Å²) in [6.45, 7) is 0.0234. The van der Waals surface area contributed by atoms with E-state index in [0.29, 0.717) is 17.0 Å². The summed E-state index contributed by atoms with van der Waals surface area (Å²) in [6.07, 6.45) is 5.36. The Labute approximate surface area is 138 Å². The molecule has 1 aliphatic heterocycles. The molecular formula is C18H13N3O3. The van der Waals surface area contributed by atoms with Gasteiger partial charge in [-0.2, -0.15) is 0 Å². The van der Waals surface area contributed by atoms with E-state index in [2.05, 4.69) is 10.9 Å². The lowest BCUT2D eigenvalue weighted by Crippen LogP contribution is -2.32. The third-order valence-electron chi connectivity index (χ3n) is 3.71. The first kappa shape index (κ1) is 15.4. The summed E-state index contributed by atoms with van der Waals surface area (Å²) in [5.74, 6) is 2.21. The fourth-order valence-electron chi connectivity index (χ4n) is 2.62. The van der Waals surface area contributed by atoms with Crippen molar-refractivity contribution in [2.75, 3.05) is 18.0 Å². The molecule has 1 aliphatic rings. The number of fused-ring (bicyclic) bond motifs is 1. The van der Waals surface area contributed by atoms with E-state index in [9.17, 15) is 14.9 Å². The molecule has 0 bridgehead atoms. The van der Waals surface area contributed by atoms with Gasteiger partial charge >= 0.3 is 0 Å². The van der Waals surface area contributed by atoms with Gasteiger partial charge in [-0.3, -0.25) is 24.8 Å². The number of carbonyl (C=O) groups excluding carboxylic acids is 1.